The number of hydrogen-bond acceptors (Lipinski definition) is 5. The first kappa shape index (κ1) is 23.1. The number of pyridine rings is 1. The van der Waals surface area contributed by atoms with Gasteiger partial charge in [0.25, 0.3) is 0 Å². The van der Waals surface area contributed by atoms with Crippen molar-refractivity contribution in [2.45, 2.75) is 64.1 Å². The predicted octanol–water partition coefficient (Wildman–Crippen LogP) is 5.15. The van der Waals surface area contributed by atoms with Crippen molar-refractivity contribution in [3.63, 3.8) is 0 Å². The summed E-state index contributed by atoms with van der Waals surface area (Å²) in [4.78, 5) is 9.75. The molecule has 2 aliphatic rings. The number of rotatable bonds is 9. The van der Waals surface area contributed by atoms with Crippen LogP contribution in [0.4, 0.5) is 0 Å². The van der Waals surface area contributed by atoms with E-state index in [1.807, 2.05) is 24.5 Å². The van der Waals surface area contributed by atoms with Crippen LogP contribution in [0, 0.1) is 5.92 Å². The molecule has 32 heavy (non-hydrogen) atoms. The topological polar surface area (TPSA) is 37.8 Å². The lowest BCUT2D eigenvalue weighted by molar-refractivity contribution is 0.0771. The van der Waals surface area contributed by atoms with E-state index in [-0.39, 0.29) is 0 Å². The van der Waals surface area contributed by atoms with E-state index in [0.717, 1.165) is 43.1 Å². The van der Waals surface area contributed by atoms with Gasteiger partial charge >= 0.3 is 0 Å². The minimum absolute atomic E-state index is 0.725. The summed E-state index contributed by atoms with van der Waals surface area (Å²) in [7, 11) is 3.39. The maximum Gasteiger partial charge on any atom is 0.161 e. The van der Waals surface area contributed by atoms with E-state index in [0.29, 0.717) is 0 Å². The lowest BCUT2D eigenvalue weighted by Crippen LogP contribution is -2.46. The van der Waals surface area contributed by atoms with Gasteiger partial charge in [0.15, 0.2) is 11.5 Å². The summed E-state index contributed by atoms with van der Waals surface area (Å²) in [5, 5.41) is 0. The average Bonchev–Trinajstić information content (AvgIpc) is 2.85. The van der Waals surface area contributed by atoms with E-state index in [1.54, 1.807) is 14.2 Å². The molecule has 2 heterocycles. The third-order valence-electron chi connectivity index (χ3n) is 7.14. The van der Waals surface area contributed by atoms with Crippen molar-refractivity contribution >= 4 is 0 Å². The standard InChI is InChI=1S/C27H39N3O2/c1-31-26-13-12-22(16-27(26)32-2)18-29(19-23-8-6-14-28-17-23)20-24-9-7-15-30(21-24)25-10-4-3-5-11-25/h6,8,12-14,16-17,24-25H,3-5,7,9-11,15,18-21H2,1-2H3/t24-/m1/s1. The first-order valence-electron chi connectivity index (χ1n) is 12.3. The fourth-order valence-corrected chi connectivity index (χ4v) is 5.56. The Bertz CT molecular complexity index is 823. The number of methoxy groups -OCH3 is 2. The van der Waals surface area contributed by atoms with Crippen LogP contribution in [0.25, 0.3) is 0 Å². The Morgan fingerprint density at radius 1 is 0.938 bits per heavy atom. The Morgan fingerprint density at radius 3 is 2.50 bits per heavy atom. The van der Waals surface area contributed by atoms with Gasteiger partial charge in [-0.2, -0.15) is 0 Å². The molecule has 0 N–H and O–H groups in total. The maximum atomic E-state index is 5.55. The number of hydrogen-bond donors (Lipinski definition) is 0. The molecule has 1 aromatic carbocycles. The van der Waals surface area contributed by atoms with Gasteiger partial charge in [-0.25, -0.2) is 0 Å². The molecule has 1 saturated heterocycles. The monoisotopic (exact) mass is 437 g/mol. The van der Waals surface area contributed by atoms with Crippen LogP contribution in [0.2, 0.25) is 0 Å². The van der Waals surface area contributed by atoms with Crippen LogP contribution in [-0.2, 0) is 13.1 Å². The lowest BCUT2D eigenvalue weighted by atomic mass is 9.90. The SMILES string of the molecule is COc1ccc(CN(Cc2cccnc2)C[C@H]2CCCN(C3CCCCC3)C2)cc1OC. The Hall–Kier alpha value is -2.11. The van der Waals surface area contributed by atoms with Crippen molar-refractivity contribution in [2.75, 3.05) is 33.9 Å². The molecule has 4 rings (SSSR count). The summed E-state index contributed by atoms with van der Waals surface area (Å²) >= 11 is 0. The highest BCUT2D eigenvalue weighted by Gasteiger charge is 2.28. The Kier molecular flexibility index (Phi) is 8.41. The molecule has 5 heteroatoms. The first-order valence-corrected chi connectivity index (χ1v) is 12.3. The minimum Gasteiger partial charge on any atom is -0.493 e. The molecule has 0 radical (unpaired) electrons. The highest BCUT2D eigenvalue weighted by atomic mass is 16.5. The second kappa shape index (κ2) is 11.7. The van der Waals surface area contributed by atoms with Crippen LogP contribution in [0.15, 0.2) is 42.7 Å². The molecule has 1 aliphatic heterocycles. The van der Waals surface area contributed by atoms with E-state index >= 15 is 0 Å². The number of ether oxygens (including phenoxy) is 2. The minimum atomic E-state index is 0.725. The van der Waals surface area contributed by atoms with E-state index in [4.69, 9.17) is 9.47 Å². The average molecular weight is 438 g/mol. The third-order valence-corrected chi connectivity index (χ3v) is 7.14. The smallest absolute Gasteiger partial charge is 0.161 e. The van der Waals surface area contributed by atoms with Crippen LogP contribution in [0.1, 0.15) is 56.1 Å². The van der Waals surface area contributed by atoms with Crippen LogP contribution in [-0.4, -0.2) is 54.7 Å². The summed E-state index contributed by atoms with van der Waals surface area (Å²) < 4.78 is 11.0. The van der Waals surface area contributed by atoms with Crippen molar-refractivity contribution < 1.29 is 9.47 Å². The zero-order valence-electron chi connectivity index (χ0n) is 19.8. The normalized spacial score (nSPS) is 20.4. The van der Waals surface area contributed by atoms with Gasteiger partial charge in [0.05, 0.1) is 14.2 Å². The Labute approximate surface area is 193 Å². The van der Waals surface area contributed by atoms with E-state index in [2.05, 4.69) is 33.0 Å². The predicted molar refractivity (Wildman–Crippen MR) is 129 cm³/mol. The quantitative estimate of drug-likeness (QED) is 0.543. The van der Waals surface area contributed by atoms with Crippen LogP contribution >= 0.6 is 0 Å². The molecule has 1 saturated carbocycles. The number of piperidine rings is 1. The zero-order chi connectivity index (χ0) is 22.2. The third kappa shape index (κ3) is 6.23. The van der Waals surface area contributed by atoms with Gasteiger partial charge < -0.3 is 14.4 Å². The van der Waals surface area contributed by atoms with Gasteiger partial charge in [0.1, 0.15) is 0 Å². The van der Waals surface area contributed by atoms with E-state index < -0.39 is 0 Å². The molecule has 1 aromatic heterocycles. The molecule has 5 nitrogen and oxygen atoms in total. The summed E-state index contributed by atoms with van der Waals surface area (Å²) in [5.41, 5.74) is 2.53. The molecule has 0 bridgehead atoms. The van der Waals surface area contributed by atoms with Crippen molar-refractivity contribution in [2.24, 2.45) is 5.92 Å². The van der Waals surface area contributed by atoms with Crippen molar-refractivity contribution in [1.82, 2.24) is 14.8 Å². The van der Waals surface area contributed by atoms with Gasteiger partial charge in [-0.3, -0.25) is 9.88 Å². The summed E-state index contributed by atoms with van der Waals surface area (Å²) in [5.74, 6) is 2.31. The highest BCUT2D eigenvalue weighted by molar-refractivity contribution is 5.42. The van der Waals surface area contributed by atoms with Gasteiger partial charge in [0, 0.05) is 44.6 Å². The molecular weight excluding hydrogens is 398 g/mol. The number of nitrogens with zero attached hydrogens (tertiary/aromatic N) is 3. The molecule has 0 spiro atoms. The fraction of sp³-hybridized carbons (Fsp3) is 0.593. The van der Waals surface area contributed by atoms with Crippen LogP contribution in [0.5, 0.6) is 11.5 Å². The molecule has 2 fully saturated rings. The van der Waals surface area contributed by atoms with Crippen LogP contribution < -0.4 is 9.47 Å². The van der Waals surface area contributed by atoms with Gasteiger partial charge in [-0.15, -0.1) is 0 Å². The Morgan fingerprint density at radius 2 is 1.75 bits per heavy atom. The molecular formula is C27H39N3O2. The first-order chi connectivity index (χ1) is 15.7. The molecule has 2 aromatic rings. The molecule has 1 atom stereocenters. The molecule has 0 amide bonds. The summed E-state index contributed by atoms with van der Waals surface area (Å²) in [6, 6.07) is 11.3. The zero-order valence-corrected chi connectivity index (χ0v) is 19.8. The molecule has 0 unspecified atom stereocenters. The number of benzene rings is 1. The van der Waals surface area contributed by atoms with Crippen molar-refractivity contribution in [3.05, 3.63) is 53.9 Å². The molecule has 1 aliphatic carbocycles. The van der Waals surface area contributed by atoms with Crippen LogP contribution in [0.3, 0.4) is 0 Å². The molecule has 174 valence electrons. The largest absolute Gasteiger partial charge is 0.493 e. The lowest BCUT2D eigenvalue weighted by Gasteiger charge is -2.41. The van der Waals surface area contributed by atoms with Gasteiger partial charge in [0.2, 0.25) is 0 Å². The number of likely N-dealkylation sites (tertiary alicyclic amines) is 1. The Balaban J connectivity index is 1.45. The highest BCUT2D eigenvalue weighted by Crippen LogP contribution is 2.30. The summed E-state index contributed by atoms with van der Waals surface area (Å²) in [6.07, 6.45) is 13.6. The van der Waals surface area contributed by atoms with Gasteiger partial charge in [-0.1, -0.05) is 31.4 Å². The van der Waals surface area contributed by atoms with E-state index in [1.165, 1.54) is 69.2 Å². The van der Waals surface area contributed by atoms with Crippen molar-refractivity contribution in [3.8, 4) is 11.5 Å². The number of aromatic nitrogens is 1. The second-order valence-electron chi connectivity index (χ2n) is 9.52. The maximum absolute atomic E-state index is 5.55. The summed E-state index contributed by atoms with van der Waals surface area (Å²) in [6.45, 7) is 5.48. The second-order valence-corrected chi connectivity index (χ2v) is 9.52. The van der Waals surface area contributed by atoms with E-state index in [9.17, 15) is 0 Å². The van der Waals surface area contributed by atoms with Gasteiger partial charge in [-0.05, 0) is 67.5 Å². The fourth-order valence-electron chi connectivity index (χ4n) is 5.56. The van der Waals surface area contributed by atoms with Crippen molar-refractivity contribution in [1.29, 1.82) is 0 Å².